The number of carbonyl (C=O) groups excluding carboxylic acids is 6. The molecule has 45 heteroatoms. The molecule has 107 heavy (non-hydrogen) atoms. The molecule has 0 radical (unpaired) electrons. The molecule has 2 atom stereocenters. The summed E-state index contributed by atoms with van der Waals surface area (Å²) in [4.78, 5) is 91.5. The number of nitrogens with zero attached hydrogens (tertiary/aromatic N) is 9. The Bertz CT molecular complexity index is 4970. The van der Waals surface area contributed by atoms with E-state index in [4.69, 9.17) is 70.1 Å². The maximum atomic E-state index is 14.2. The maximum absolute atomic E-state index is 14.2. The fourth-order valence-electron chi connectivity index (χ4n) is 9.28. The van der Waals surface area contributed by atoms with Gasteiger partial charge in [-0.2, -0.15) is 46.8 Å². The number of ether oxygens (including phenoxy) is 6. The van der Waals surface area contributed by atoms with Gasteiger partial charge in [-0.15, -0.1) is 16.7 Å². The predicted molar refractivity (Wildman–Crippen MR) is 373 cm³/mol. The number of halogens is 10. The number of methoxy groups -OCH3 is 3. The van der Waals surface area contributed by atoms with Crippen molar-refractivity contribution < 1.29 is 114 Å². The lowest BCUT2D eigenvalue weighted by molar-refractivity contribution is -0.148. The number of sulfonamides is 2. The molecular formula is C62H66Cl4F6N12O20S3. The van der Waals surface area contributed by atoms with Crippen LogP contribution in [-0.4, -0.2) is 170 Å². The largest absolute Gasteiger partial charge is 0.493 e. The highest BCUT2D eigenvalue weighted by molar-refractivity contribution is 7.91. The summed E-state index contributed by atoms with van der Waals surface area (Å²) in [6.07, 6.45) is -3.18. The molecule has 2 amide bonds. The van der Waals surface area contributed by atoms with Crippen molar-refractivity contribution in [3.8, 4) is 23.3 Å². The number of hydrazone groups is 1. The van der Waals surface area contributed by atoms with E-state index in [-0.39, 0.29) is 112 Å². The van der Waals surface area contributed by atoms with Gasteiger partial charge in [0.15, 0.2) is 21.2 Å². The molecule has 2 unspecified atom stereocenters. The van der Waals surface area contributed by atoms with Crippen LogP contribution in [0.4, 0.5) is 42.8 Å². The Kier molecular flexibility index (Phi) is 30.2. The molecule has 0 fully saturated rings. The topological polar surface area (TPSA) is 416 Å². The Morgan fingerprint density at radius 2 is 1.36 bits per heavy atom. The van der Waals surface area contributed by atoms with E-state index in [1.54, 1.807) is 50.6 Å². The Morgan fingerprint density at radius 1 is 0.757 bits per heavy atom. The summed E-state index contributed by atoms with van der Waals surface area (Å²) in [7, 11) is -7.28. The Morgan fingerprint density at radius 3 is 1.88 bits per heavy atom. The van der Waals surface area contributed by atoms with E-state index >= 15 is 0 Å². The molecule has 0 saturated heterocycles. The summed E-state index contributed by atoms with van der Waals surface area (Å²) in [6, 6.07) is 12.2. The van der Waals surface area contributed by atoms with Gasteiger partial charge in [-0.05, 0) is 113 Å². The number of carbonyl (C=O) groups is 6. The molecule has 4 heterocycles. The van der Waals surface area contributed by atoms with Gasteiger partial charge in [0.05, 0.1) is 85.9 Å². The number of aryl methyl sites for hydroxylation is 3. The average molecular weight is 1650 g/mol. The molecule has 1 aliphatic rings. The minimum atomic E-state index is -4.76. The first-order valence-electron chi connectivity index (χ1n) is 30.3. The summed E-state index contributed by atoms with van der Waals surface area (Å²) < 4.78 is 186. The van der Waals surface area contributed by atoms with Crippen molar-refractivity contribution in [3.63, 3.8) is 0 Å². The third-order valence-corrected chi connectivity index (χ3v) is 18.6. The normalized spacial score (nSPS) is 13.8. The van der Waals surface area contributed by atoms with Crippen molar-refractivity contribution >= 4 is 129 Å². The van der Waals surface area contributed by atoms with Gasteiger partial charge in [0.1, 0.15) is 33.1 Å². The average Bonchev–Trinajstić information content (AvgIpc) is 1.66. The van der Waals surface area contributed by atoms with Crippen LogP contribution in [0.25, 0.3) is 5.69 Å². The van der Waals surface area contributed by atoms with Gasteiger partial charge in [0.25, 0.3) is 10.0 Å². The number of esters is 4. The van der Waals surface area contributed by atoms with Gasteiger partial charge in [-0.1, -0.05) is 40.9 Å². The zero-order chi connectivity index (χ0) is 80.8. The third-order valence-electron chi connectivity index (χ3n) is 14.2. The number of ketones is 1. The van der Waals surface area contributed by atoms with Crippen LogP contribution >= 0.6 is 46.4 Å². The molecule has 582 valence electrons. The minimum Gasteiger partial charge on any atom is -0.493 e. The minimum absolute atomic E-state index is 0.0408. The van der Waals surface area contributed by atoms with E-state index in [0.717, 1.165) is 48.4 Å². The van der Waals surface area contributed by atoms with E-state index in [1.165, 1.54) is 52.3 Å². The van der Waals surface area contributed by atoms with Gasteiger partial charge in [-0.3, -0.25) is 14.9 Å². The number of amides is 2. The van der Waals surface area contributed by atoms with E-state index in [0.29, 0.717) is 38.8 Å². The monoisotopic (exact) mass is 1650 g/mol. The molecule has 0 aliphatic carbocycles. The second-order valence-electron chi connectivity index (χ2n) is 22.0. The predicted octanol–water partition coefficient (Wildman–Crippen LogP) is 8.61. The van der Waals surface area contributed by atoms with E-state index < -0.39 is 128 Å². The summed E-state index contributed by atoms with van der Waals surface area (Å²) in [5.41, 5.74) is -3.93. The van der Waals surface area contributed by atoms with Crippen LogP contribution in [-0.2, 0) is 89.4 Å². The second-order valence-corrected chi connectivity index (χ2v) is 29.3. The van der Waals surface area contributed by atoms with Crippen LogP contribution in [0, 0.1) is 19.7 Å². The zero-order valence-corrected chi connectivity index (χ0v) is 63.5. The lowest BCUT2D eigenvalue weighted by Crippen LogP contribution is -2.48. The number of anilines is 2. The van der Waals surface area contributed by atoms with E-state index in [2.05, 4.69) is 40.0 Å². The third kappa shape index (κ3) is 22.7. The number of rotatable bonds is 23. The molecule has 0 saturated carbocycles. The van der Waals surface area contributed by atoms with E-state index in [9.17, 15) is 90.3 Å². The van der Waals surface area contributed by atoms with E-state index in [1.807, 2.05) is 0 Å². The highest BCUT2D eigenvalue weighted by Crippen LogP contribution is 2.40. The van der Waals surface area contributed by atoms with Crippen molar-refractivity contribution in [2.45, 2.75) is 94.4 Å². The SMILES string of the molecule is CCOC(=O)C(Cl)Cc1cc(-n2nc(C)n(C(F)F)c2=O)c(F)cc1Cl.CCOC(=O)C1=NN(c2ccc(Cl)cc2Cl)C(C)(C(=O)OCC)C1.COC(=O)c1ccc(CNS(C)(=O)=O)cc1S(=O)(=O)NC(=O)Nc1nc(OC)cc(OC)n1.Cc1nn(C)c(O)c1C(=O)c1ccc(C(F)(F)F)cc1S(C)(=O)=O. The summed E-state index contributed by atoms with van der Waals surface area (Å²) in [5.74, 6) is -5.64. The number of alkyl halides is 6. The Hall–Kier alpha value is -9.65. The van der Waals surface area contributed by atoms with Gasteiger partial charge < -0.3 is 33.5 Å². The number of benzene rings is 4. The number of hydrogen-bond acceptors (Lipinski definition) is 26. The van der Waals surface area contributed by atoms with Gasteiger partial charge in [0, 0.05) is 48.3 Å². The molecule has 4 aromatic carbocycles. The Labute approximate surface area is 626 Å². The number of urea groups is 1. The van der Waals surface area contributed by atoms with Crippen LogP contribution in [0.3, 0.4) is 0 Å². The maximum Gasteiger partial charge on any atom is 0.416 e. The molecule has 0 bridgehead atoms. The standard InChI is InChI=1S/C17H21N5O9S2.C16H18Cl2N2O4.C15H14Cl2F3N3O3.C14H13F3N2O4S/c1-29-13-8-14(30-2)20-16(19-13)21-17(24)22-33(27,28)12-7-10(9-18-32(4,25)26)5-6-11(12)15(23)31-3;1-4-23-14(21)12-9-16(3,15(22)24-5-2)20(19-12)13-7-6-10(17)8-11(13)18;1-3-26-13(24)10(17)4-8-5-12(11(18)6-9(8)16)23-15(25)22(14(19)20)7(2)21-23;1-7-11(13(21)19(2)18-7)12(20)9-5-4-8(14(15,16)17)6-10(9)24(3,22)23/h5-8,18H,9H2,1-4H3,(H2,19,20,21,22,24);6-8H,4-5,9H2,1-3H3;5-6,10,14H,3-4H2,1-2H3;4-6,21H,1-3H3. The fourth-order valence-corrected chi connectivity index (χ4v) is 12.7. The lowest BCUT2D eigenvalue weighted by Gasteiger charge is -2.32. The molecule has 1 aliphatic heterocycles. The number of hydrogen-bond donors (Lipinski definition) is 4. The molecule has 32 nitrogen and oxygen atoms in total. The molecule has 3 aromatic heterocycles. The number of aromatic hydroxyl groups is 1. The quantitative estimate of drug-likeness (QED) is 0.0153. The summed E-state index contributed by atoms with van der Waals surface area (Å²) >= 11 is 24.1. The first kappa shape index (κ1) is 88.0. The smallest absolute Gasteiger partial charge is 0.416 e. The molecular weight excluding hydrogens is 1580 g/mol. The van der Waals surface area contributed by atoms with Gasteiger partial charge >= 0.3 is 48.3 Å². The van der Waals surface area contributed by atoms with Crippen LogP contribution in [0.5, 0.6) is 17.6 Å². The summed E-state index contributed by atoms with van der Waals surface area (Å²) in [6.45, 7) is 6.45. The number of sulfone groups is 1. The van der Waals surface area contributed by atoms with Crippen LogP contribution < -0.4 is 34.9 Å². The fraction of sp³-hybridized carbons (Fsp3) is 0.355. The molecule has 7 aromatic rings. The first-order chi connectivity index (χ1) is 49.7. The van der Waals surface area contributed by atoms with Gasteiger partial charge in [0.2, 0.25) is 39.4 Å². The van der Waals surface area contributed by atoms with Crippen molar-refractivity contribution in [1.82, 2.24) is 43.5 Å². The summed E-state index contributed by atoms with van der Waals surface area (Å²) in [5, 5.41) is 24.8. The number of aromatic nitrogens is 7. The highest BCUT2D eigenvalue weighted by atomic mass is 35.5. The highest BCUT2D eigenvalue weighted by Gasteiger charge is 2.50. The van der Waals surface area contributed by atoms with Crippen LogP contribution in [0.1, 0.15) is 95.2 Å². The van der Waals surface area contributed by atoms with Crippen LogP contribution in [0.15, 0.2) is 92.5 Å². The number of nitrogens with one attached hydrogen (secondary N) is 3. The molecule has 0 spiro atoms. The van der Waals surface area contributed by atoms with Crippen molar-refractivity contribution in [3.05, 3.63) is 149 Å². The van der Waals surface area contributed by atoms with Crippen LogP contribution in [0.2, 0.25) is 15.1 Å². The second kappa shape index (κ2) is 36.8. The molecule has 8 rings (SSSR count). The van der Waals surface area contributed by atoms with Gasteiger partial charge in [-0.25, -0.2) is 77.3 Å². The van der Waals surface area contributed by atoms with Crippen molar-refractivity contribution in [2.24, 2.45) is 12.1 Å². The van der Waals surface area contributed by atoms with Crippen molar-refractivity contribution in [2.75, 3.05) is 64.0 Å². The Balaban J connectivity index is 0.000000258. The lowest BCUT2D eigenvalue weighted by atomic mass is 9.95. The van der Waals surface area contributed by atoms with Crippen molar-refractivity contribution in [1.29, 1.82) is 0 Å². The molecule has 4 N–H and O–H groups in total. The zero-order valence-electron chi connectivity index (χ0n) is 58.1. The first-order valence-corrected chi connectivity index (χ1v) is 37.1.